The van der Waals surface area contributed by atoms with E-state index in [1.54, 1.807) is 11.0 Å². The maximum Gasteiger partial charge on any atom is 0.143 e. The molecule has 7 heteroatoms. The van der Waals surface area contributed by atoms with Crippen LogP contribution in [-0.2, 0) is 4.74 Å². The van der Waals surface area contributed by atoms with Gasteiger partial charge in [-0.3, -0.25) is 0 Å². The Morgan fingerprint density at radius 3 is 2.68 bits per heavy atom. The molecule has 0 amide bonds. The summed E-state index contributed by atoms with van der Waals surface area (Å²) in [4.78, 5) is 0. The van der Waals surface area contributed by atoms with Gasteiger partial charge >= 0.3 is 0 Å². The van der Waals surface area contributed by atoms with Crippen molar-refractivity contribution >= 4 is 0 Å². The fourth-order valence-corrected chi connectivity index (χ4v) is 2.58. The van der Waals surface area contributed by atoms with Gasteiger partial charge in [-0.05, 0) is 35.0 Å². The molecule has 22 heavy (non-hydrogen) atoms. The van der Waals surface area contributed by atoms with E-state index < -0.39 is 5.60 Å². The predicted octanol–water partition coefficient (Wildman–Crippen LogP) is 0.854. The second-order valence-corrected chi connectivity index (χ2v) is 5.79. The SMILES string of the molecule is CC(NCC1(O)CCOCC1)c1ccc(-n2cnnn2)cc1. The van der Waals surface area contributed by atoms with Crippen molar-refractivity contribution in [2.24, 2.45) is 0 Å². The maximum atomic E-state index is 10.5. The highest BCUT2D eigenvalue weighted by molar-refractivity contribution is 5.34. The minimum absolute atomic E-state index is 0.162. The standard InChI is InChI=1S/C15H21N5O2/c1-12(16-10-15(21)6-8-22-9-7-15)13-2-4-14(5-3-13)20-11-17-18-19-20/h2-5,11-12,16,21H,6-10H2,1H3. The number of nitrogens with one attached hydrogen (secondary N) is 1. The molecule has 0 radical (unpaired) electrons. The quantitative estimate of drug-likeness (QED) is 0.852. The number of aromatic nitrogens is 4. The first kappa shape index (κ1) is 15.1. The minimum Gasteiger partial charge on any atom is -0.388 e. The number of benzene rings is 1. The Morgan fingerprint density at radius 1 is 1.32 bits per heavy atom. The number of nitrogens with zero attached hydrogens (tertiary/aromatic N) is 4. The average Bonchev–Trinajstić information content (AvgIpc) is 3.08. The molecule has 1 aromatic heterocycles. The first-order chi connectivity index (χ1) is 10.7. The largest absolute Gasteiger partial charge is 0.388 e. The highest BCUT2D eigenvalue weighted by atomic mass is 16.5. The Kier molecular flexibility index (Phi) is 4.47. The molecule has 0 spiro atoms. The Balaban J connectivity index is 1.59. The van der Waals surface area contributed by atoms with Crippen molar-refractivity contribution in [1.82, 2.24) is 25.5 Å². The molecule has 0 bridgehead atoms. The van der Waals surface area contributed by atoms with Gasteiger partial charge in [0, 0.05) is 38.6 Å². The number of hydrogen-bond acceptors (Lipinski definition) is 6. The zero-order valence-corrected chi connectivity index (χ0v) is 12.6. The average molecular weight is 303 g/mol. The fraction of sp³-hybridized carbons (Fsp3) is 0.533. The van der Waals surface area contributed by atoms with Crippen LogP contribution in [0, 0.1) is 0 Å². The Bertz CT molecular complexity index is 578. The topological polar surface area (TPSA) is 85.1 Å². The van der Waals surface area contributed by atoms with Crippen LogP contribution in [0.15, 0.2) is 30.6 Å². The molecule has 1 saturated heterocycles. The molecule has 1 aromatic carbocycles. The van der Waals surface area contributed by atoms with Gasteiger partial charge in [-0.1, -0.05) is 12.1 Å². The van der Waals surface area contributed by atoms with Crippen molar-refractivity contribution in [2.75, 3.05) is 19.8 Å². The molecule has 7 nitrogen and oxygen atoms in total. The summed E-state index contributed by atoms with van der Waals surface area (Å²) in [5, 5.41) is 25.0. The molecule has 1 atom stereocenters. The highest BCUT2D eigenvalue weighted by Gasteiger charge is 2.29. The second-order valence-electron chi connectivity index (χ2n) is 5.79. The molecule has 3 rings (SSSR count). The van der Waals surface area contributed by atoms with Crippen LogP contribution in [0.1, 0.15) is 31.4 Å². The molecule has 1 unspecified atom stereocenters. The molecule has 118 valence electrons. The Hall–Kier alpha value is -1.83. The van der Waals surface area contributed by atoms with Crippen LogP contribution in [0.25, 0.3) is 5.69 Å². The van der Waals surface area contributed by atoms with Crippen molar-refractivity contribution in [3.63, 3.8) is 0 Å². The molecule has 0 aliphatic carbocycles. The number of aliphatic hydroxyl groups is 1. The van der Waals surface area contributed by atoms with Crippen LogP contribution >= 0.6 is 0 Å². The zero-order valence-electron chi connectivity index (χ0n) is 12.6. The summed E-state index contributed by atoms with van der Waals surface area (Å²) < 4.78 is 6.92. The Labute approximate surface area is 129 Å². The molecule has 2 N–H and O–H groups in total. The van der Waals surface area contributed by atoms with Gasteiger partial charge in [0.05, 0.1) is 11.3 Å². The van der Waals surface area contributed by atoms with Gasteiger partial charge in [-0.25, -0.2) is 4.68 Å². The van der Waals surface area contributed by atoms with Crippen LogP contribution in [0.5, 0.6) is 0 Å². The summed E-state index contributed by atoms with van der Waals surface area (Å²) in [6.45, 7) is 3.93. The highest BCUT2D eigenvalue weighted by Crippen LogP contribution is 2.21. The molecule has 1 aliphatic heterocycles. The third kappa shape index (κ3) is 3.49. The Morgan fingerprint density at radius 2 is 2.05 bits per heavy atom. The summed E-state index contributed by atoms with van der Waals surface area (Å²) in [6.07, 6.45) is 2.94. The fourth-order valence-electron chi connectivity index (χ4n) is 2.58. The number of hydrogen-bond donors (Lipinski definition) is 2. The van der Waals surface area contributed by atoms with E-state index in [9.17, 15) is 5.11 Å². The van der Waals surface area contributed by atoms with E-state index in [0.29, 0.717) is 32.6 Å². The van der Waals surface area contributed by atoms with E-state index in [1.807, 2.05) is 24.3 Å². The van der Waals surface area contributed by atoms with Crippen molar-refractivity contribution in [1.29, 1.82) is 0 Å². The van der Waals surface area contributed by atoms with Crippen LogP contribution in [0.4, 0.5) is 0 Å². The second kappa shape index (κ2) is 6.51. The predicted molar refractivity (Wildman–Crippen MR) is 80.6 cm³/mol. The maximum absolute atomic E-state index is 10.5. The molecular weight excluding hydrogens is 282 g/mol. The van der Waals surface area contributed by atoms with Gasteiger partial charge in [0.15, 0.2) is 0 Å². The van der Waals surface area contributed by atoms with E-state index in [2.05, 4.69) is 27.8 Å². The van der Waals surface area contributed by atoms with Crippen molar-refractivity contribution in [3.05, 3.63) is 36.2 Å². The first-order valence-electron chi connectivity index (χ1n) is 7.53. The van der Waals surface area contributed by atoms with E-state index in [-0.39, 0.29) is 6.04 Å². The van der Waals surface area contributed by atoms with Crippen molar-refractivity contribution in [2.45, 2.75) is 31.4 Å². The monoisotopic (exact) mass is 303 g/mol. The summed E-state index contributed by atoms with van der Waals surface area (Å²) in [5.41, 5.74) is 1.43. The number of rotatable bonds is 5. The van der Waals surface area contributed by atoms with E-state index in [0.717, 1.165) is 11.3 Å². The van der Waals surface area contributed by atoms with E-state index in [1.165, 1.54) is 0 Å². The lowest BCUT2D eigenvalue weighted by Crippen LogP contribution is -2.45. The molecule has 2 heterocycles. The van der Waals surface area contributed by atoms with Gasteiger partial charge in [0.2, 0.25) is 0 Å². The summed E-state index contributed by atoms with van der Waals surface area (Å²) in [7, 11) is 0. The van der Waals surface area contributed by atoms with Gasteiger partial charge in [0.1, 0.15) is 6.33 Å². The normalized spacial score (nSPS) is 19.0. The van der Waals surface area contributed by atoms with Gasteiger partial charge in [-0.2, -0.15) is 0 Å². The van der Waals surface area contributed by atoms with Crippen LogP contribution in [0.3, 0.4) is 0 Å². The first-order valence-corrected chi connectivity index (χ1v) is 7.53. The minimum atomic E-state index is -0.654. The van der Waals surface area contributed by atoms with Crippen LogP contribution < -0.4 is 5.32 Å². The summed E-state index contributed by atoms with van der Waals surface area (Å²) in [5.74, 6) is 0. The van der Waals surface area contributed by atoms with E-state index in [4.69, 9.17) is 4.74 Å². The lowest BCUT2D eigenvalue weighted by Gasteiger charge is -2.33. The van der Waals surface area contributed by atoms with Crippen LogP contribution in [0.2, 0.25) is 0 Å². The number of tetrazole rings is 1. The van der Waals surface area contributed by atoms with Gasteiger partial charge in [0.25, 0.3) is 0 Å². The molecule has 1 fully saturated rings. The molecule has 0 saturated carbocycles. The van der Waals surface area contributed by atoms with Gasteiger partial charge < -0.3 is 15.2 Å². The van der Waals surface area contributed by atoms with Gasteiger partial charge in [-0.15, -0.1) is 5.10 Å². The third-order valence-electron chi connectivity index (χ3n) is 4.17. The number of ether oxygens (including phenoxy) is 1. The van der Waals surface area contributed by atoms with Crippen molar-refractivity contribution in [3.8, 4) is 5.69 Å². The molecule has 2 aromatic rings. The third-order valence-corrected chi connectivity index (χ3v) is 4.17. The molecular formula is C15H21N5O2. The van der Waals surface area contributed by atoms with E-state index >= 15 is 0 Å². The molecule has 1 aliphatic rings. The van der Waals surface area contributed by atoms with Crippen molar-refractivity contribution < 1.29 is 9.84 Å². The zero-order chi connectivity index (χ0) is 15.4. The summed E-state index contributed by atoms with van der Waals surface area (Å²) in [6, 6.07) is 8.21. The smallest absolute Gasteiger partial charge is 0.143 e. The lowest BCUT2D eigenvalue weighted by atomic mass is 9.94. The summed E-state index contributed by atoms with van der Waals surface area (Å²) >= 11 is 0. The lowest BCUT2D eigenvalue weighted by molar-refractivity contribution is -0.0626. The van der Waals surface area contributed by atoms with Crippen LogP contribution in [-0.4, -0.2) is 50.7 Å².